The molecular weight excluding hydrogens is 178 g/mol. The third-order valence-electron chi connectivity index (χ3n) is 1.63. The van der Waals surface area contributed by atoms with Gasteiger partial charge in [0, 0.05) is 5.97 Å². The number of carboxylic acids is 1. The third kappa shape index (κ3) is 22.5. The molecule has 0 heterocycles. The van der Waals surface area contributed by atoms with E-state index in [0.717, 1.165) is 17.3 Å². The Morgan fingerprint density at radius 1 is 1.14 bits per heavy atom. The first-order valence-electron chi connectivity index (χ1n) is 5.33. The summed E-state index contributed by atoms with van der Waals surface area (Å²) < 4.78 is 1.09. The van der Waals surface area contributed by atoms with Gasteiger partial charge in [0.2, 0.25) is 0 Å². The Hall–Kier alpha value is -0.570. The van der Waals surface area contributed by atoms with Crippen LogP contribution in [0.15, 0.2) is 0 Å². The molecule has 0 aliphatic rings. The van der Waals surface area contributed by atoms with Gasteiger partial charge in [-0.1, -0.05) is 20.3 Å². The summed E-state index contributed by atoms with van der Waals surface area (Å²) in [6.45, 7) is 5.44. The minimum Gasteiger partial charge on any atom is -0.550 e. The summed E-state index contributed by atoms with van der Waals surface area (Å²) in [4.78, 5) is 9.65. The molecule has 14 heavy (non-hydrogen) atoms. The molecule has 0 saturated carbocycles. The molecule has 3 nitrogen and oxygen atoms in total. The number of aliphatic carboxylic acids is 1. The van der Waals surface area contributed by atoms with E-state index in [1.165, 1.54) is 13.0 Å². The van der Waals surface area contributed by atoms with Crippen LogP contribution in [0.5, 0.6) is 0 Å². The van der Waals surface area contributed by atoms with E-state index in [1.54, 1.807) is 0 Å². The van der Waals surface area contributed by atoms with Gasteiger partial charge in [0.25, 0.3) is 0 Å². The lowest BCUT2D eigenvalue weighted by atomic mass is 10.3. The van der Waals surface area contributed by atoms with Crippen molar-refractivity contribution in [2.75, 3.05) is 27.7 Å². The minimum atomic E-state index is -0.943. The molecule has 0 bridgehead atoms. The van der Waals surface area contributed by atoms with Gasteiger partial charge in [0.1, 0.15) is 0 Å². The number of rotatable bonds is 5. The quantitative estimate of drug-likeness (QED) is 0.626. The Kier molecular flexibility index (Phi) is 10.2. The molecule has 0 atom stereocenters. The highest BCUT2D eigenvalue weighted by atomic mass is 16.4. The van der Waals surface area contributed by atoms with E-state index in [9.17, 15) is 9.90 Å². The number of nitrogens with zero attached hydrogens (tertiary/aromatic N) is 1. The topological polar surface area (TPSA) is 40.1 Å². The largest absolute Gasteiger partial charge is 0.550 e. The third-order valence-corrected chi connectivity index (χ3v) is 1.63. The van der Waals surface area contributed by atoms with Crippen LogP contribution >= 0.6 is 0 Å². The molecule has 3 heteroatoms. The van der Waals surface area contributed by atoms with E-state index in [0.29, 0.717) is 0 Å². The SMILES string of the molecule is CCCCC(=O)[O-].CCC[N+](C)(C)C. The number of quaternary nitrogens is 1. The number of hydrogen-bond acceptors (Lipinski definition) is 2. The Bertz CT molecular complexity index is 139. The first-order valence-corrected chi connectivity index (χ1v) is 5.33. The van der Waals surface area contributed by atoms with Crippen molar-refractivity contribution in [1.82, 2.24) is 0 Å². The van der Waals surface area contributed by atoms with Crippen molar-refractivity contribution in [1.29, 1.82) is 0 Å². The molecule has 0 spiro atoms. The summed E-state index contributed by atoms with van der Waals surface area (Å²) in [7, 11) is 6.64. The zero-order chi connectivity index (χ0) is 11.6. The van der Waals surface area contributed by atoms with Crippen LogP contribution < -0.4 is 5.11 Å². The predicted octanol–water partition coefficient (Wildman–Crippen LogP) is 1.03. The molecular formula is C11H25NO2. The van der Waals surface area contributed by atoms with Crippen LogP contribution in [0, 0.1) is 0 Å². The van der Waals surface area contributed by atoms with Crippen LogP contribution in [-0.2, 0) is 4.79 Å². The fourth-order valence-corrected chi connectivity index (χ4v) is 0.992. The maximum absolute atomic E-state index is 9.65. The first-order chi connectivity index (χ1) is 6.33. The zero-order valence-electron chi connectivity index (χ0n) is 10.3. The predicted molar refractivity (Wildman–Crippen MR) is 57.7 cm³/mol. The molecule has 0 aromatic heterocycles. The molecule has 0 saturated heterocycles. The van der Waals surface area contributed by atoms with Crippen LogP contribution in [0.25, 0.3) is 0 Å². The lowest BCUT2D eigenvalue weighted by Crippen LogP contribution is -2.34. The van der Waals surface area contributed by atoms with Crippen molar-refractivity contribution in [3.8, 4) is 0 Å². The second-order valence-electron chi connectivity index (χ2n) is 4.49. The molecule has 0 radical (unpaired) electrons. The molecule has 86 valence electrons. The summed E-state index contributed by atoms with van der Waals surface area (Å²) >= 11 is 0. The standard InChI is InChI=1S/C6H16N.C5H10O2/c1-5-6-7(2,3)4;1-2-3-4-5(6)7/h5-6H2,1-4H3;2-4H2,1H3,(H,6,7)/q+1;/p-1. The van der Waals surface area contributed by atoms with Gasteiger partial charge in [0.05, 0.1) is 27.7 Å². The van der Waals surface area contributed by atoms with Crippen LogP contribution in [-0.4, -0.2) is 38.1 Å². The Balaban J connectivity index is 0. The summed E-state index contributed by atoms with van der Waals surface area (Å²) in [5.41, 5.74) is 0. The van der Waals surface area contributed by atoms with Crippen molar-refractivity contribution in [3.05, 3.63) is 0 Å². The Morgan fingerprint density at radius 2 is 1.64 bits per heavy atom. The molecule has 0 rings (SSSR count). The van der Waals surface area contributed by atoms with Gasteiger partial charge < -0.3 is 14.4 Å². The van der Waals surface area contributed by atoms with E-state index in [1.807, 2.05) is 6.92 Å². The second-order valence-corrected chi connectivity index (χ2v) is 4.49. The molecule has 0 unspecified atom stereocenters. The van der Waals surface area contributed by atoms with Gasteiger partial charge in [-0.2, -0.15) is 0 Å². The average Bonchev–Trinajstić information content (AvgIpc) is 1.99. The lowest BCUT2D eigenvalue weighted by molar-refractivity contribution is -0.870. The van der Waals surface area contributed by atoms with Gasteiger partial charge in [0.15, 0.2) is 0 Å². The van der Waals surface area contributed by atoms with E-state index in [-0.39, 0.29) is 6.42 Å². The van der Waals surface area contributed by atoms with Crippen LogP contribution in [0.4, 0.5) is 0 Å². The molecule has 0 N–H and O–H groups in total. The van der Waals surface area contributed by atoms with Crippen LogP contribution in [0.2, 0.25) is 0 Å². The van der Waals surface area contributed by atoms with Crippen LogP contribution in [0.1, 0.15) is 39.5 Å². The smallest absolute Gasteiger partial charge is 0.0777 e. The van der Waals surface area contributed by atoms with Gasteiger partial charge in [-0.15, -0.1) is 0 Å². The van der Waals surface area contributed by atoms with Gasteiger partial charge in [-0.3, -0.25) is 0 Å². The van der Waals surface area contributed by atoms with Gasteiger partial charge >= 0.3 is 0 Å². The van der Waals surface area contributed by atoms with E-state index in [4.69, 9.17) is 0 Å². The van der Waals surface area contributed by atoms with Crippen molar-refractivity contribution < 1.29 is 14.4 Å². The fourth-order valence-electron chi connectivity index (χ4n) is 0.992. The Morgan fingerprint density at radius 3 is 1.71 bits per heavy atom. The zero-order valence-corrected chi connectivity index (χ0v) is 10.3. The summed E-state index contributed by atoms with van der Waals surface area (Å²) in [5.74, 6) is -0.943. The molecule has 0 aromatic rings. The maximum Gasteiger partial charge on any atom is 0.0777 e. The number of carbonyl (C=O) groups is 1. The van der Waals surface area contributed by atoms with E-state index in [2.05, 4.69) is 28.1 Å². The average molecular weight is 203 g/mol. The number of carboxylic acid groups (broad SMARTS) is 1. The summed E-state index contributed by atoms with van der Waals surface area (Å²) in [6, 6.07) is 0. The molecule has 0 aliphatic carbocycles. The van der Waals surface area contributed by atoms with E-state index >= 15 is 0 Å². The van der Waals surface area contributed by atoms with Crippen molar-refractivity contribution >= 4 is 5.97 Å². The number of hydrogen-bond donors (Lipinski definition) is 0. The molecule has 0 amide bonds. The molecule has 0 aliphatic heterocycles. The van der Waals surface area contributed by atoms with Gasteiger partial charge in [-0.25, -0.2) is 0 Å². The fraction of sp³-hybridized carbons (Fsp3) is 0.909. The highest BCUT2D eigenvalue weighted by Gasteiger charge is 2.01. The monoisotopic (exact) mass is 203 g/mol. The van der Waals surface area contributed by atoms with Crippen molar-refractivity contribution in [3.63, 3.8) is 0 Å². The van der Waals surface area contributed by atoms with Crippen LogP contribution in [0.3, 0.4) is 0 Å². The van der Waals surface area contributed by atoms with Gasteiger partial charge in [-0.05, 0) is 19.3 Å². The van der Waals surface area contributed by atoms with Crippen molar-refractivity contribution in [2.45, 2.75) is 39.5 Å². The number of unbranched alkanes of at least 4 members (excludes halogenated alkanes) is 1. The summed E-state index contributed by atoms with van der Waals surface area (Å²) in [6.07, 6.45) is 3.15. The summed E-state index contributed by atoms with van der Waals surface area (Å²) in [5, 5.41) is 9.65. The van der Waals surface area contributed by atoms with E-state index < -0.39 is 5.97 Å². The number of carbonyl (C=O) groups excluding carboxylic acids is 1. The normalized spacial score (nSPS) is 10.4. The van der Waals surface area contributed by atoms with Crippen molar-refractivity contribution in [2.24, 2.45) is 0 Å². The molecule has 0 fully saturated rings. The molecule has 0 aromatic carbocycles. The lowest BCUT2D eigenvalue weighted by Gasteiger charge is -2.22. The Labute approximate surface area is 88.3 Å². The highest BCUT2D eigenvalue weighted by molar-refractivity contribution is 5.63. The first kappa shape index (κ1) is 15.9. The minimum absolute atomic E-state index is 0.205. The highest BCUT2D eigenvalue weighted by Crippen LogP contribution is 1.90. The maximum atomic E-state index is 9.65. The second kappa shape index (κ2) is 9.00.